The van der Waals surface area contributed by atoms with Crippen molar-refractivity contribution < 1.29 is 17.6 Å². The van der Waals surface area contributed by atoms with E-state index in [9.17, 15) is 17.6 Å². The predicted octanol–water partition coefficient (Wildman–Crippen LogP) is 1.45. The molecule has 0 atom stereocenters. The summed E-state index contributed by atoms with van der Waals surface area (Å²) in [6.45, 7) is 1.01. The number of imidazole rings is 1. The lowest BCUT2D eigenvalue weighted by atomic mass is 9.99. The monoisotopic (exact) mass is 364 g/mol. The minimum atomic E-state index is -4.00. The molecule has 2 aliphatic rings. The van der Waals surface area contributed by atoms with Gasteiger partial charge in [0, 0.05) is 25.1 Å². The van der Waals surface area contributed by atoms with Gasteiger partial charge in [0.1, 0.15) is 11.6 Å². The second kappa shape index (κ2) is 5.83. The molecule has 132 valence electrons. The Balaban J connectivity index is 1.71. The van der Waals surface area contributed by atoms with Crippen molar-refractivity contribution in [2.45, 2.75) is 37.3 Å². The van der Waals surface area contributed by atoms with Crippen molar-refractivity contribution in [2.75, 3.05) is 11.3 Å². The smallest absolute Gasteiger partial charge is 0.279 e. The lowest BCUT2D eigenvalue weighted by molar-refractivity contribution is 0.0946. The molecule has 0 saturated heterocycles. The molecule has 0 saturated carbocycles. The summed E-state index contributed by atoms with van der Waals surface area (Å²) < 4.78 is 43.6. The summed E-state index contributed by atoms with van der Waals surface area (Å²) in [6, 6.07) is 2.47. The Morgan fingerprint density at radius 2 is 2.08 bits per heavy atom. The average Bonchev–Trinajstić information content (AvgIpc) is 3.01. The van der Waals surface area contributed by atoms with Gasteiger partial charge in [-0.1, -0.05) is 0 Å². The van der Waals surface area contributed by atoms with Crippen LogP contribution in [0.15, 0.2) is 23.4 Å². The minimum absolute atomic E-state index is 0.0174. The molecule has 2 aliphatic heterocycles. The van der Waals surface area contributed by atoms with Gasteiger partial charge in [0.25, 0.3) is 15.9 Å². The SMILES string of the molecule is O=C1NCCc2cc(F)c(NS(=O)(=O)c3cnc4n3CCCC4)cc21. The number of carbonyl (C=O) groups excluding carboxylic acids is 1. The fourth-order valence-corrected chi connectivity index (χ4v) is 4.55. The summed E-state index contributed by atoms with van der Waals surface area (Å²) in [5.41, 5.74) is 0.633. The van der Waals surface area contributed by atoms with Crippen molar-refractivity contribution in [1.82, 2.24) is 14.9 Å². The third-order valence-electron chi connectivity index (χ3n) is 4.57. The molecule has 25 heavy (non-hydrogen) atoms. The Bertz CT molecular complexity index is 968. The molecule has 0 unspecified atom stereocenters. The van der Waals surface area contributed by atoms with Crippen molar-refractivity contribution >= 4 is 21.6 Å². The maximum absolute atomic E-state index is 14.3. The van der Waals surface area contributed by atoms with Crippen LogP contribution in [0.25, 0.3) is 0 Å². The first-order valence-electron chi connectivity index (χ1n) is 8.13. The number of fused-ring (bicyclic) bond motifs is 2. The molecule has 0 spiro atoms. The summed E-state index contributed by atoms with van der Waals surface area (Å²) in [5, 5.41) is 2.68. The molecular formula is C16H17FN4O3S. The van der Waals surface area contributed by atoms with Crippen molar-refractivity contribution in [1.29, 1.82) is 0 Å². The molecule has 3 heterocycles. The summed E-state index contributed by atoms with van der Waals surface area (Å²) in [7, 11) is -4.00. The van der Waals surface area contributed by atoms with Crippen LogP contribution in [0.3, 0.4) is 0 Å². The number of anilines is 1. The van der Waals surface area contributed by atoms with E-state index in [0.717, 1.165) is 25.1 Å². The number of rotatable bonds is 3. The first-order valence-corrected chi connectivity index (χ1v) is 9.62. The summed E-state index contributed by atoms with van der Waals surface area (Å²) in [4.78, 5) is 16.1. The number of hydrogen-bond acceptors (Lipinski definition) is 4. The Kier molecular flexibility index (Phi) is 3.75. The molecule has 4 rings (SSSR count). The van der Waals surface area contributed by atoms with E-state index in [1.807, 2.05) is 0 Å². The average molecular weight is 364 g/mol. The van der Waals surface area contributed by atoms with Crippen LogP contribution < -0.4 is 10.0 Å². The first-order chi connectivity index (χ1) is 12.0. The van der Waals surface area contributed by atoms with E-state index in [1.165, 1.54) is 18.3 Å². The molecule has 2 aromatic rings. The number of sulfonamides is 1. The van der Waals surface area contributed by atoms with Crippen molar-refractivity contribution in [2.24, 2.45) is 0 Å². The van der Waals surface area contributed by atoms with E-state index in [4.69, 9.17) is 0 Å². The van der Waals surface area contributed by atoms with Gasteiger partial charge in [-0.05, 0) is 37.0 Å². The molecule has 7 nitrogen and oxygen atoms in total. The van der Waals surface area contributed by atoms with Gasteiger partial charge >= 0.3 is 0 Å². The molecule has 0 radical (unpaired) electrons. The molecule has 0 fully saturated rings. The number of amides is 1. The van der Waals surface area contributed by atoms with Crippen LogP contribution in [0.1, 0.15) is 34.6 Å². The number of aryl methyl sites for hydroxylation is 1. The Morgan fingerprint density at radius 3 is 2.92 bits per heavy atom. The number of nitrogens with one attached hydrogen (secondary N) is 2. The number of nitrogens with zero attached hydrogens (tertiary/aromatic N) is 2. The lowest BCUT2D eigenvalue weighted by Crippen LogP contribution is -2.32. The summed E-state index contributed by atoms with van der Waals surface area (Å²) in [6.07, 6.45) is 4.38. The fourth-order valence-electron chi connectivity index (χ4n) is 3.32. The van der Waals surface area contributed by atoms with Crippen LogP contribution >= 0.6 is 0 Å². The number of halogens is 1. The molecule has 0 aliphatic carbocycles. The summed E-state index contributed by atoms with van der Waals surface area (Å²) in [5.74, 6) is -0.309. The zero-order valence-corrected chi connectivity index (χ0v) is 14.2. The number of carbonyl (C=O) groups is 1. The van der Waals surface area contributed by atoms with E-state index < -0.39 is 15.8 Å². The highest BCUT2D eigenvalue weighted by Crippen LogP contribution is 2.26. The minimum Gasteiger partial charge on any atom is -0.352 e. The Labute approximate surface area is 144 Å². The highest BCUT2D eigenvalue weighted by Gasteiger charge is 2.26. The molecule has 1 aromatic heterocycles. The van der Waals surface area contributed by atoms with Gasteiger partial charge in [0.15, 0.2) is 5.03 Å². The zero-order chi connectivity index (χ0) is 17.6. The quantitative estimate of drug-likeness (QED) is 0.862. The van der Waals surface area contributed by atoms with Crippen molar-refractivity contribution in [3.05, 3.63) is 41.1 Å². The van der Waals surface area contributed by atoms with Gasteiger partial charge in [-0.15, -0.1) is 0 Å². The van der Waals surface area contributed by atoms with Gasteiger partial charge in [0.05, 0.1) is 11.9 Å². The lowest BCUT2D eigenvalue weighted by Gasteiger charge is -2.19. The molecule has 1 aromatic carbocycles. The normalized spacial score (nSPS) is 16.8. The second-order valence-corrected chi connectivity index (χ2v) is 7.85. The molecule has 2 N–H and O–H groups in total. The predicted molar refractivity (Wildman–Crippen MR) is 88.4 cm³/mol. The van der Waals surface area contributed by atoms with Gasteiger partial charge in [-0.25, -0.2) is 9.37 Å². The van der Waals surface area contributed by atoms with E-state index in [1.54, 1.807) is 4.57 Å². The molecule has 0 bridgehead atoms. The van der Waals surface area contributed by atoms with Crippen molar-refractivity contribution in [3.8, 4) is 0 Å². The highest BCUT2D eigenvalue weighted by molar-refractivity contribution is 7.92. The Hall–Kier alpha value is -2.42. The topological polar surface area (TPSA) is 93.1 Å². The zero-order valence-electron chi connectivity index (χ0n) is 13.4. The fraction of sp³-hybridized carbons (Fsp3) is 0.375. The van der Waals surface area contributed by atoms with E-state index in [-0.39, 0.29) is 16.6 Å². The first kappa shape index (κ1) is 16.1. The van der Waals surface area contributed by atoms with Gasteiger partial charge in [0.2, 0.25) is 0 Å². The van der Waals surface area contributed by atoms with E-state index in [0.29, 0.717) is 30.6 Å². The van der Waals surface area contributed by atoms with Crippen molar-refractivity contribution in [3.63, 3.8) is 0 Å². The third-order valence-corrected chi connectivity index (χ3v) is 5.94. The van der Waals surface area contributed by atoms with Crippen LogP contribution in [0, 0.1) is 5.82 Å². The standard InChI is InChI=1S/C16H17FN4O3S/c17-12-7-10-4-5-18-16(22)11(10)8-13(12)20-25(23,24)15-9-19-14-3-1-2-6-21(14)15/h7-9,20H,1-6H2,(H,18,22). The van der Waals surface area contributed by atoms with Crippen LogP contribution in [0.5, 0.6) is 0 Å². The van der Waals surface area contributed by atoms with Crippen LogP contribution in [-0.2, 0) is 29.4 Å². The summed E-state index contributed by atoms with van der Waals surface area (Å²) >= 11 is 0. The van der Waals surface area contributed by atoms with Crippen LogP contribution in [0.4, 0.5) is 10.1 Å². The maximum atomic E-state index is 14.3. The molecule has 9 heteroatoms. The maximum Gasteiger partial charge on any atom is 0.279 e. The number of hydrogen-bond donors (Lipinski definition) is 2. The third kappa shape index (κ3) is 2.78. The van der Waals surface area contributed by atoms with Gasteiger partial charge in [-0.2, -0.15) is 8.42 Å². The van der Waals surface area contributed by atoms with Gasteiger partial charge < -0.3 is 9.88 Å². The number of aromatic nitrogens is 2. The van der Waals surface area contributed by atoms with Crippen LogP contribution in [0.2, 0.25) is 0 Å². The van der Waals surface area contributed by atoms with Crippen LogP contribution in [-0.4, -0.2) is 30.4 Å². The molecule has 1 amide bonds. The molecular weight excluding hydrogens is 347 g/mol. The van der Waals surface area contributed by atoms with E-state index in [2.05, 4.69) is 15.0 Å². The van der Waals surface area contributed by atoms with E-state index >= 15 is 0 Å². The van der Waals surface area contributed by atoms with Gasteiger partial charge in [-0.3, -0.25) is 9.52 Å². The highest BCUT2D eigenvalue weighted by atomic mass is 32.2. The largest absolute Gasteiger partial charge is 0.352 e. The number of benzene rings is 1. The second-order valence-electron chi connectivity index (χ2n) is 6.22. The Morgan fingerprint density at radius 1 is 1.24 bits per heavy atom.